The summed E-state index contributed by atoms with van der Waals surface area (Å²) in [5.74, 6) is -0.691. The highest BCUT2D eigenvalue weighted by atomic mass is 16.5. The van der Waals surface area contributed by atoms with Crippen LogP contribution in [0, 0.1) is 0 Å². The molecule has 2 heterocycles. The van der Waals surface area contributed by atoms with Gasteiger partial charge in [-0.2, -0.15) is 0 Å². The molecule has 0 spiro atoms. The van der Waals surface area contributed by atoms with Crippen molar-refractivity contribution >= 4 is 34.3 Å². The van der Waals surface area contributed by atoms with Gasteiger partial charge < -0.3 is 25.7 Å². The lowest BCUT2D eigenvalue weighted by Crippen LogP contribution is -2.28. The zero-order valence-corrected chi connectivity index (χ0v) is 16.6. The summed E-state index contributed by atoms with van der Waals surface area (Å²) >= 11 is 0. The Morgan fingerprint density at radius 3 is 2.74 bits per heavy atom. The Labute approximate surface area is 176 Å². The van der Waals surface area contributed by atoms with Gasteiger partial charge >= 0.3 is 0 Å². The van der Waals surface area contributed by atoms with Gasteiger partial charge in [-0.1, -0.05) is 6.07 Å². The van der Waals surface area contributed by atoms with E-state index in [9.17, 15) is 19.2 Å². The number of nitrogens with zero attached hydrogens (tertiary/aromatic N) is 1. The molecule has 1 aliphatic rings. The van der Waals surface area contributed by atoms with Gasteiger partial charge in [0.15, 0.2) is 12.4 Å². The smallest absolute Gasteiger partial charge is 0.287 e. The van der Waals surface area contributed by atoms with Crippen molar-refractivity contribution in [2.24, 2.45) is 0 Å². The molecule has 31 heavy (non-hydrogen) atoms. The van der Waals surface area contributed by atoms with Crippen LogP contribution in [0.15, 0.2) is 41.2 Å². The molecule has 2 aromatic carbocycles. The standard InChI is InChI=1S/C21H19N5O5/c1-2-22-19(28)12-4-5-14-13(8-12)20(29)26-18(25-14)21(30)23-9-11-3-6-16-15(7-11)24-17(27)10-31-16/h3-8H,2,9-10H2,1H3,(H,22,28)(H,23,30)(H,24,27)(H,25,26,29). The summed E-state index contributed by atoms with van der Waals surface area (Å²) in [6.45, 7) is 2.38. The van der Waals surface area contributed by atoms with Crippen LogP contribution in [0.2, 0.25) is 0 Å². The van der Waals surface area contributed by atoms with Crippen molar-refractivity contribution in [3.63, 3.8) is 0 Å². The number of aromatic amines is 1. The molecule has 0 fully saturated rings. The third kappa shape index (κ3) is 4.22. The van der Waals surface area contributed by atoms with Crippen LogP contribution in [0.4, 0.5) is 5.69 Å². The normalized spacial score (nSPS) is 12.5. The quantitative estimate of drug-likeness (QED) is 0.483. The number of aromatic nitrogens is 2. The summed E-state index contributed by atoms with van der Waals surface area (Å²) in [5, 5.41) is 8.26. The molecule has 0 unspecified atom stereocenters. The number of benzene rings is 2. The highest BCUT2D eigenvalue weighted by Gasteiger charge is 2.17. The number of fused-ring (bicyclic) bond motifs is 2. The van der Waals surface area contributed by atoms with E-state index in [2.05, 4.69) is 25.9 Å². The van der Waals surface area contributed by atoms with Crippen LogP contribution in [-0.4, -0.2) is 40.8 Å². The van der Waals surface area contributed by atoms with Crippen LogP contribution in [-0.2, 0) is 11.3 Å². The van der Waals surface area contributed by atoms with E-state index < -0.39 is 11.5 Å². The third-order valence-corrected chi connectivity index (χ3v) is 4.65. The Morgan fingerprint density at radius 2 is 1.94 bits per heavy atom. The minimum Gasteiger partial charge on any atom is -0.482 e. The lowest BCUT2D eigenvalue weighted by molar-refractivity contribution is -0.118. The maximum Gasteiger partial charge on any atom is 0.287 e. The van der Waals surface area contributed by atoms with Gasteiger partial charge in [-0.25, -0.2) is 4.98 Å². The Hall–Kier alpha value is -4.21. The van der Waals surface area contributed by atoms with Crippen molar-refractivity contribution in [3.05, 3.63) is 63.7 Å². The summed E-state index contributed by atoms with van der Waals surface area (Å²) in [7, 11) is 0. The molecular formula is C21H19N5O5. The number of hydrogen-bond acceptors (Lipinski definition) is 6. The maximum absolute atomic E-state index is 12.5. The SMILES string of the molecule is CCNC(=O)c1ccc2nc(C(=O)NCc3ccc4c(c3)NC(=O)CO4)[nH]c(=O)c2c1. The lowest BCUT2D eigenvalue weighted by atomic mass is 10.1. The van der Waals surface area contributed by atoms with Crippen LogP contribution in [0.1, 0.15) is 33.5 Å². The molecule has 0 radical (unpaired) electrons. The molecule has 158 valence electrons. The van der Waals surface area contributed by atoms with Gasteiger partial charge in [-0.15, -0.1) is 0 Å². The van der Waals surface area contributed by atoms with E-state index in [1.54, 1.807) is 31.2 Å². The van der Waals surface area contributed by atoms with E-state index in [0.29, 0.717) is 29.1 Å². The second kappa shape index (κ2) is 8.27. The molecule has 0 saturated heterocycles. The highest BCUT2D eigenvalue weighted by Crippen LogP contribution is 2.28. The molecular weight excluding hydrogens is 402 g/mol. The van der Waals surface area contributed by atoms with Gasteiger partial charge in [0.05, 0.1) is 16.6 Å². The number of H-pyrrole nitrogens is 1. The molecule has 4 rings (SSSR count). The largest absolute Gasteiger partial charge is 0.482 e. The van der Waals surface area contributed by atoms with Crippen molar-refractivity contribution in [3.8, 4) is 5.75 Å². The average molecular weight is 421 g/mol. The summed E-state index contributed by atoms with van der Waals surface area (Å²) in [6.07, 6.45) is 0. The fraction of sp³-hybridized carbons (Fsp3) is 0.190. The monoisotopic (exact) mass is 421 g/mol. The minimum absolute atomic E-state index is 0.0329. The molecule has 0 atom stereocenters. The van der Waals surface area contributed by atoms with E-state index in [-0.39, 0.29) is 36.2 Å². The fourth-order valence-corrected chi connectivity index (χ4v) is 3.16. The van der Waals surface area contributed by atoms with Gasteiger partial charge in [0.1, 0.15) is 5.75 Å². The average Bonchev–Trinajstić information content (AvgIpc) is 2.77. The number of amides is 3. The maximum atomic E-state index is 12.5. The molecule has 3 amide bonds. The zero-order valence-electron chi connectivity index (χ0n) is 16.6. The van der Waals surface area contributed by atoms with Crippen LogP contribution in [0.5, 0.6) is 5.75 Å². The topological polar surface area (TPSA) is 142 Å². The summed E-state index contributed by atoms with van der Waals surface area (Å²) in [5.41, 5.74) is 1.38. The summed E-state index contributed by atoms with van der Waals surface area (Å²) < 4.78 is 5.30. The molecule has 0 saturated carbocycles. The van der Waals surface area contributed by atoms with Gasteiger partial charge in [0.25, 0.3) is 23.3 Å². The van der Waals surface area contributed by atoms with E-state index >= 15 is 0 Å². The Morgan fingerprint density at radius 1 is 1.10 bits per heavy atom. The predicted molar refractivity (Wildman–Crippen MR) is 112 cm³/mol. The van der Waals surface area contributed by atoms with Crippen LogP contribution < -0.4 is 26.2 Å². The number of ether oxygens (including phenoxy) is 1. The van der Waals surface area contributed by atoms with Gasteiger partial charge in [-0.3, -0.25) is 19.2 Å². The first-order valence-electron chi connectivity index (χ1n) is 9.60. The van der Waals surface area contributed by atoms with E-state index in [1.807, 2.05) is 0 Å². The van der Waals surface area contributed by atoms with Crippen LogP contribution >= 0.6 is 0 Å². The molecule has 1 aromatic heterocycles. The third-order valence-electron chi connectivity index (χ3n) is 4.65. The molecule has 10 nitrogen and oxygen atoms in total. The van der Waals surface area contributed by atoms with Crippen molar-refractivity contribution in [2.45, 2.75) is 13.5 Å². The van der Waals surface area contributed by atoms with Crippen molar-refractivity contribution in [2.75, 3.05) is 18.5 Å². The van der Waals surface area contributed by atoms with Crippen LogP contribution in [0.25, 0.3) is 10.9 Å². The number of hydrogen-bond donors (Lipinski definition) is 4. The van der Waals surface area contributed by atoms with Crippen LogP contribution in [0.3, 0.4) is 0 Å². The van der Waals surface area contributed by atoms with Crippen molar-refractivity contribution in [1.29, 1.82) is 0 Å². The Bertz CT molecular complexity index is 1270. The first-order valence-corrected chi connectivity index (χ1v) is 9.60. The first-order chi connectivity index (χ1) is 14.9. The van der Waals surface area contributed by atoms with Gasteiger partial charge in [0, 0.05) is 18.7 Å². The molecule has 0 aliphatic carbocycles. The lowest BCUT2D eigenvalue weighted by Gasteiger charge is -2.18. The van der Waals surface area contributed by atoms with Crippen molar-refractivity contribution in [1.82, 2.24) is 20.6 Å². The number of anilines is 1. The molecule has 0 bridgehead atoms. The molecule has 1 aliphatic heterocycles. The van der Waals surface area contributed by atoms with Crippen molar-refractivity contribution < 1.29 is 19.1 Å². The van der Waals surface area contributed by atoms with Gasteiger partial charge in [-0.05, 0) is 42.8 Å². The second-order valence-corrected chi connectivity index (χ2v) is 6.86. The zero-order chi connectivity index (χ0) is 22.0. The van der Waals surface area contributed by atoms with E-state index in [4.69, 9.17) is 4.74 Å². The first kappa shape index (κ1) is 20.1. The number of carbonyl (C=O) groups is 3. The Kier molecular flexibility index (Phi) is 5.35. The molecule has 4 N–H and O–H groups in total. The Balaban J connectivity index is 1.51. The number of carbonyl (C=O) groups excluding carboxylic acids is 3. The van der Waals surface area contributed by atoms with Gasteiger partial charge in [0.2, 0.25) is 0 Å². The predicted octanol–water partition coefficient (Wildman–Crippen LogP) is 0.934. The second-order valence-electron chi connectivity index (χ2n) is 6.86. The number of nitrogens with one attached hydrogen (secondary N) is 4. The van der Waals surface area contributed by atoms with E-state index in [1.165, 1.54) is 12.1 Å². The summed E-state index contributed by atoms with van der Waals surface area (Å²) in [6, 6.07) is 9.68. The van der Waals surface area contributed by atoms with E-state index in [0.717, 1.165) is 5.56 Å². The number of rotatable bonds is 5. The minimum atomic E-state index is -0.565. The molecule has 3 aromatic rings. The fourth-order valence-electron chi connectivity index (χ4n) is 3.16. The molecule has 10 heteroatoms. The highest BCUT2D eigenvalue weighted by molar-refractivity contribution is 5.98. The summed E-state index contributed by atoms with van der Waals surface area (Å²) in [4.78, 5) is 55.0.